The lowest BCUT2D eigenvalue weighted by molar-refractivity contribution is 0.198. The number of rotatable bonds is 4. The summed E-state index contributed by atoms with van der Waals surface area (Å²) in [6, 6.07) is 18.9. The fourth-order valence-corrected chi connectivity index (χ4v) is 4.40. The van der Waals surface area contributed by atoms with Crippen molar-refractivity contribution in [3.8, 4) is 11.4 Å². The minimum Gasteiger partial charge on any atom is -0.369 e. The summed E-state index contributed by atoms with van der Waals surface area (Å²) in [6.45, 7) is 6.28. The van der Waals surface area contributed by atoms with Crippen LogP contribution in [0.1, 0.15) is 18.5 Å². The first-order chi connectivity index (χ1) is 14.7. The minimum atomic E-state index is 0.395. The fraction of sp³-hybridized carbons (Fsp3) is 0.250. The zero-order valence-corrected chi connectivity index (χ0v) is 17.7. The second kappa shape index (κ2) is 8.09. The van der Waals surface area contributed by atoms with Gasteiger partial charge in [0.15, 0.2) is 0 Å². The van der Waals surface area contributed by atoms with Crippen LogP contribution in [-0.2, 0) is 0 Å². The standard InChI is InChI=1S/C24H24ClN5/c1-17(18-8-10-26-11-9-18)29-12-14-30(15-13-29)19-6-7-21(25)20(16-19)24-27-22-4-2-3-5-23(22)28-24/h2-11,16-17H,12-15H2,1H3,(H,27,28). The van der Waals surface area contributed by atoms with Gasteiger partial charge in [0.1, 0.15) is 5.82 Å². The summed E-state index contributed by atoms with van der Waals surface area (Å²) in [7, 11) is 0. The number of imidazole rings is 1. The van der Waals surface area contributed by atoms with E-state index in [0.29, 0.717) is 11.1 Å². The largest absolute Gasteiger partial charge is 0.369 e. The molecule has 0 bridgehead atoms. The average Bonchev–Trinajstić information content (AvgIpc) is 3.24. The average molecular weight is 418 g/mol. The molecule has 30 heavy (non-hydrogen) atoms. The zero-order chi connectivity index (χ0) is 20.5. The predicted molar refractivity (Wildman–Crippen MR) is 123 cm³/mol. The molecule has 6 heteroatoms. The second-order valence-electron chi connectivity index (χ2n) is 7.75. The molecule has 0 radical (unpaired) electrons. The normalized spacial score (nSPS) is 16.1. The molecule has 1 unspecified atom stereocenters. The maximum atomic E-state index is 6.54. The van der Waals surface area contributed by atoms with Gasteiger partial charge < -0.3 is 9.88 Å². The molecule has 0 spiro atoms. The first kappa shape index (κ1) is 19.1. The SMILES string of the molecule is CC(c1ccncc1)N1CCN(c2ccc(Cl)c(-c3nc4ccccc4[nH]3)c2)CC1. The summed E-state index contributed by atoms with van der Waals surface area (Å²) in [5, 5.41) is 0.711. The molecule has 5 rings (SSSR count). The molecule has 4 aromatic rings. The number of benzene rings is 2. The molecular formula is C24H24ClN5. The maximum Gasteiger partial charge on any atom is 0.140 e. The van der Waals surface area contributed by atoms with Crippen molar-refractivity contribution in [1.29, 1.82) is 0 Å². The van der Waals surface area contributed by atoms with E-state index in [-0.39, 0.29) is 0 Å². The van der Waals surface area contributed by atoms with E-state index < -0.39 is 0 Å². The maximum absolute atomic E-state index is 6.54. The van der Waals surface area contributed by atoms with Gasteiger partial charge in [-0.15, -0.1) is 0 Å². The van der Waals surface area contributed by atoms with E-state index in [1.54, 1.807) is 0 Å². The number of H-pyrrole nitrogens is 1. The van der Waals surface area contributed by atoms with Gasteiger partial charge in [0.05, 0.1) is 16.1 Å². The van der Waals surface area contributed by atoms with Gasteiger partial charge in [-0.05, 0) is 55.0 Å². The number of anilines is 1. The van der Waals surface area contributed by atoms with Crippen LogP contribution in [0.25, 0.3) is 22.4 Å². The Bertz CT molecular complexity index is 1120. The number of aromatic amines is 1. The highest BCUT2D eigenvalue weighted by atomic mass is 35.5. The van der Waals surface area contributed by atoms with E-state index in [9.17, 15) is 0 Å². The summed E-state index contributed by atoms with van der Waals surface area (Å²) >= 11 is 6.54. The van der Waals surface area contributed by atoms with Gasteiger partial charge in [0, 0.05) is 55.9 Å². The molecule has 1 aliphatic rings. The van der Waals surface area contributed by atoms with Crippen molar-refractivity contribution in [2.75, 3.05) is 31.1 Å². The molecule has 1 atom stereocenters. The van der Waals surface area contributed by atoms with Crippen LogP contribution in [0.5, 0.6) is 0 Å². The zero-order valence-electron chi connectivity index (χ0n) is 16.9. The van der Waals surface area contributed by atoms with Crippen molar-refractivity contribution >= 4 is 28.3 Å². The number of halogens is 1. The van der Waals surface area contributed by atoms with E-state index in [4.69, 9.17) is 16.6 Å². The van der Waals surface area contributed by atoms with Crippen molar-refractivity contribution in [3.05, 3.63) is 77.6 Å². The van der Waals surface area contributed by atoms with Crippen molar-refractivity contribution < 1.29 is 0 Å². The topological polar surface area (TPSA) is 48.1 Å². The lowest BCUT2D eigenvalue weighted by Crippen LogP contribution is -2.47. The van der Waals surface area contributed by atoms with E-state index in [1.807, 2.05) is 42.7 Å². The Kier molecular flexibility index (Phi) is 5.15. The smallest absolute Gasteiger partial charge is 0.140 e. The Labute approximate surface area is 181 Å². The Morgan fingerprint density at radius 2 is 1.73 bits per heavy atom. The number of aromatic nitrogens is 3. The first-order valence-corrected chi connectivity index (χ1v) is 10.7. The van der Waals surface area contributed by atoms with Gasteiger partial charge in [-0.3, -0.25) is 9.88 Å². The molecule has 3 heterocycles. The van der Waals surface area contributed by atoms with Gasteiger partial charge in [-0.1, -0.05) is 23.7 Å². The van der Waals surface area contributed by atoms with Gasteiger partial charge in [-0.25, -0.2) is 4.98 Å². The van der Waals surface area contributed by atoms with Crippen LogP contribution in [0.3, 0.4) is 0 Å². The van der Waals surface area contributed by atoms with Crippen LogP contribution < -0.4 is 4.90 Å². The predicted octanol–water partition coefficient (Wildman–Crippen LogP) is 5.16. The Morgan fingerprint density at radius 3 is 2.50 bits per heavy atom. The van der Waals surface area contributed by atoms with E-state index in [0.717, 1.165) is 48.6 Å². The highest BCUT2D eigenvalue weighted by Crippen LogP contribution is 2.32. The van der Waals surface area contributed by atoms with Crippen molar-refractivity contribution in [2.45, 2.75) is 13.0 Å². The molecule has 0 aliphatic carbocycles. The van der Waals surface area contributed by atoms with Gasteiger partial charge in [0.2, 0.25) is 0 Å². The van der Waals surface area contributed by atoms with Gasteiger partial charge in [0.25, 0.3) is 0 Å². The fourth-order valence-electron chi connectivity index (χ4n) is 4.19. The number of fused-ring (bicyclic) bond motifs is 1. The van der Waals surface area contributed by atoms with E-state index in [1.165, 1.54) is 11.3 Å². The van der Waals surface area contributed by atoms with Crippen LogP contribution in [0, 0.1) is 0 Å². The monoisotopic (exact) mass is 417 g/mol. The molecular weight excluding hydrogens is 394 g/mol. The molecule has 0 saturated carbocycles. The molecule has 2 aromatic carbocycles. The quantitative estimate of drug-likeness (QED) is 0.498. The molecule has 152 valence electrons. The number of pyridine rings is 1. The van der Waals surface area contributed by atoms with Crippen molar-refractivity contribution in [2.24, 2.45) is 0 Å². The molecule has 1 aliphatic heterocycles. The van der Waals surface area contributed by atoms with Crippen molar-refractivity contribution in [3.63, 3.8) is 0 Å². The van der Waals surface area contributed by atoms with Gasteiger partial charge >= 0.3 is 0 Å². The third-order valence-electron chi connectivity index (χ3n) is 6.01. The summed E-state index contributed by atoms with van der Waals surface area (Å²) in [5.41, 5.74) is 5.42. The van der Waals surface area contributed by atoms with Crippen LogP contribution in [-0.4, -0.2) is 46.0 Å². The summed E-state index contributed by atoms with van der Waals surface area (Å²) in [6.07, 6.45) is 3.74. The number of nitrogens with zero attached hydrogens (tertiary/aromatic N) is 4. The van der Waals surface area contributed by atoms with Gasteiger partial charge in [-0.2, -0.15) is 0 Å². The van der Waals surface area contributed by atoms with Crippen LogP contribution in [0.15, 0.2) is 67.0 Å². The van der Waals surface area contributed by atoms with E-state index in [2.05, 4.69) is 51.0 Å². The lowest BCUT2D eigenvalue weighted by atomic mass is 10.1. The molecule has 1 fully saturated rings. The highest BCUT2D eigenvalue weighted by molar-refractivity contribution is 6.33. The Balaban J connectivity index is 1.34. The highest BCUT2D eigenvalue weighted by Gasteiger charge is 2.23. The molecule has 2 aromatic heterocycles. The molecule has 1 saturated heterocycles. The summed E-state index contributed by atoms with van der Waals surface area (Å²) in [4.78, 5) is 17.2. The van der Waals surface area contributed by atoms with Crippen LogP contribution >= 0.6 is 11.6 Å². The lowest BCUT2D eigenvalue weighted by Gasteiger charge is -2.39. The number of hydrogen-bond donors (Lipinski definition) is 1. The van der Waals surface area contributed by atoms with Crippen LogP contribution in [0.2, 0.25) is 5.02 Å². The summed E-state index contributed by atoms with van der Waals surface area (Å²) in [5.74, 6) is 0.813. The third kappa shape index (κ3) is 3.66. The van der Waals surface area contributed by atoms with Crippen LogP contribution in [0.4, 0.5) is 5.69 Å². The summed E-state index contributed by atoms with van der Waals surface area (Å²) < 4.78 is 0. The number of nitrogens with one attached hydrogen (secondary N) is 1. The molecule has 5 nitrogen and oxygen atoms in total. The number of piperazine rings is 1. The minimum absolute atomic E-state index is 0.395. The molecule has 0 amide bonds. The van der Waals surface area contributed by atoms with E-state index >= 15 is 0 Å². The van der Waals surface area contributed by atoms with Crippen molar-refractivity contribution in [1.82, 2.24) is 19.9 Å². The number of para-hydroxylation sites is 2. The second-order valence-corrected chi connectivity index (χ2v) is 8.15. The third-order valence-corrected chi connectivity index (χ3v) is 6.34. The first-order valence-electron chi connectivity index (χ1n) is 10.3. The number of hydrogen-bond acceptors (Lipinski definition) is 4. The Hall–Kier alpha value is -2.89. The molecule has 1 N–H and O–H groups in total. The Morgan fingerprint density at radius 1 is 0.967 bits per heavy atom.